The quantitative estimate of drug-likeness (QED) is 0.665. The lowest BCUT2D eigenvalue weighted by Gasteiger charge is -2.30. The highest BCUT2D eigenvalue weighted by Crippen LogP contribution is 2.28. The summed E-state index contributed by atoms with van der Waals surface area (Å²) in [6.45, 7) is 3.76. The number of nitrogens with one attached hydrogen (secondary N) is 1. The number of carbonyl (C=O) groups excluding carboxylic acids is 1. The molecule has 29 heavy (non-hydrogen) atoms. The Balaban J connectivity index is 1.58. The fourth-order valence-corrected chi connectivity index (χ4v) is 4.60. The number of sulfonamides is 1. The van der Waals surface area contributed by atoms with Crippen molar-refractivity contribution < 1.29 is 17.6 Å². The molecule has 7 heteroatoms. The van der Waals surface area contributed by atoms with Crippen molar-refractivity contribution in [3.63, 3.8) is 0 Å². The van der Waals surface area contributed by atoms with Crippen molar-refractivity contribution >= 4 is 33.0 Å². The number of hydrogen-bond acceptors (Lipinski definition) is 4. The van der Waals surface area contributed by atoms with Crippen LogP contribution in [0.1, 0.15) is 43.9 Å². The topological polar surface area (TPSA) is 79.6 Å². The van der Waals surface area contributed by atoms with Gasteiger partial charge in [0.05, 0.1) is 6.26 Å². The maximum atomic E-state index is 12.3. The molecule has 0 unspecified atom stereocenters. The van der Waals surface area contributed by atoms with Crippen LogP contribution >= 0.6 is 0 Å². The highest BCUT2D eigenvalue weighted by molar-refractivity contribution is 7.88. The molecule has 0 aliphatic carbocycles. The van der Waals surface area contributed by atoms with Crippen molar-refractivity contribution in [3.8, 4) is 0 Å². The first-order valence-electron chi connectivity index (χ1n) is 10.3. The monoisotopic (exact) mass is 418 g/mol. The number of benzene rings is 1. The van der Waals surface area contributed by atoms with E-state index >= 15 is 0 Å². The van der Waals surface area contributed by atoms with Crippen LogP contribution in [0.4, 0.5) is 0 Å². The second-order valence-electron chi connectivity index (χ2n) is 7.72. The molecule has 1 fully saturated rings. The summed E-state index contributed by atoms with van der Waals surface area (Å²) < 4.78 is 30.7. The standard InChI is InChI=1S/C22H30N2O4S/c1-3-4-8-20-19(18-7-5-6-9-21(18)28-20)10-11-22(25)23-16-17-12-14-24(15-13-17)29(2,26)27/h5-7,9-11,17H,3-4,8,12-16H2,1-2H3,(H,23,25)/b11-10+. The predicted molar refractivity (Wildman–Crippen MR) is 116 cm³/mol. The molecule has 3 rings (SSSR count). The molecule has 0 spiro atoms. The van der Waals surface area contributed by atoms with Gasteiger partial charge in [-0.25, -0.2) is 12.7 Å². The van der Waals surface area contributed by atoms with Crippen molar-refractivity contribution in [3.05, 3.63) is 41.7 Å². The third-order valence-corrected chi connectivity index (χ3v) is 6.78. The summed E-state index contributed by atoms with van der Waals surface area (Å²) in [7, 11) is -3.12. The Morgan fingerprint density at radius 2 is 2.00 bits per heavy atom. The van der Waals surface area contributed by atoms with Crippen LogP contribution in [0.3, 0.4) is 0 Å². The van der Waals surface area contributed by atoms with Gasteiger partial charge in [0, 0.05) is 43.1 Å². The van der Waals surface area contributed by atoms with Crippen LogP contribution in [-0.4, -0.2) is 44.5 Å². The summed E-state index contributed by atoms with van der Waals surface area (Å²) in [6, 6.07) is 7.89. The Bertz CT molecular complexity index is 970. The van der Waals surface area contributed by atoms with E-state index in [1.54, 1.807) is 6.08 Å². The van der Waals surface area contributed by atoms with Gasteiger partial charge in [0.2, 0.25) is 15.9 Å². The summed E-state index contributed by atoms with van der Waals surface area (Å²) in [4.78, 5) is 12.3. The number of fused-ring (bicyclic) bond motifs is 1. The summed E-state index contributed by atoms with van der Waals surface area (Å²) in [5.74, 6) is 1.09. The van der Waals surface area contributed by atoms with Crippen LogP contribution in [0.15, 0.2) is 34.8 Å². The Hall–Kier alpha value is -2.12. The first kappa shape index (κ1) is 21.6. The lowest BCUT2D eigenvalue weighted by atomic mass is 9.98. The lowest BCUT2D eigenvalue weighted by molar-refractivity contribution is -0.116. The fraction of sp³-hybridized carbons (Fsp3) is 0.500. The molecular formula is C22H30N2O4S. The number of furan rings is 1. The van der Waals surface area contributed by atoms with Gasteiger partial charge in [0.1, 0.15) is 11.3 Å². The Morgan fingerprint density at radius 3 is 2.69 bits per heavy atom. The number of aryl methyl sites for hydroxylation is 1. The fourth-order valence-electron chi connectivity index (χ4n) is 3.73. The molecule has 1 aliphatic heterocycles. The van der Waals surface area contributed by atoms with Crippen LogP contribution in [0.25, 0.3) is 17.0 Å². The predicted octanol–water partition coefficient (Wildman–Crippen LogP) is 3.58. The van der Waals surface area contributed by atoms with E-state index in [0.717, 1.165) is 54.4 Å². The maximum Gasteiger partial charge on any atom is 0.244 e. The van der Waals surface area contributed by atoms with Crippen LogP contribution < -0.4 is 5.32 Å². The van der Waals surface area contributed by atoms with Gasteiger partial charge in [-0.3, -0.25) is 4.79 Å². The lowest BCUT2D eigenvalue weighted by Crippen LogP contribution is -2.40. The molecule has 0 radical (unpaired) electrons. The van der Waals surface area contributed by atoms with Crippen LogP contribution in [0.5, 0.6) is 0 Å². The molecule has 2 aromatic rings. The van der Waals surface area contributed by atoms with Gasteiger partial charge in [-0.1, -0.05) is 31.5 Å². The van der Waals surface area contributed by atoms with E-state index in [4.69, 9.17) is 4.42 Å². The summed E-state index contributed by atoms with van der Waals surface area (Å²) in [5, 5.41) is 3.98. The Morgan fingerprint density at radius 1 is 1.28 bits per heavy atom. The van der Waals surface area contributed by atoms with E-state index in [2.05, 4.69) is 12.2 Å². The third kappa shape index (κ3) is 5.70. The molecule has 6 nitrogen and oxygen atoms in total. The number of hydrogen-bond donors (Lipinski definition) is 1. The summed E-state index contributed by atoms with van der Waals surface area (Å²) in [6.07, 6.45) is 9.17. The van der Waals surface area contributed by atoms with Crippen molar-refractivity contribution in [1.82, 2.24) is 9.62 Å². The first-order valence-corrected chi connectivity index (χ1v) is 12.1. The van der Waals surface area contributed by atoms with Gasteiger partial charge in [0.25, 0.3) is 0 Å². The molecule has 1 amide bonds. The zero-order chi connectivity index (χ0) is 20.9. The SMILES string of the molecule is CCCCc1oc2ccccc2c1/C=C/C(=O)NCC1CCN(S(C)(=O)=O)CC1. The Labute approximate surface area is 173 Å². The molecule has 1 aromatic heterocycles. The molecule has 1 aromatic carbocycles. The number of para-hydroxylation sites is 1. The van der Waals surface area contributed by atoms with Crippen molar-refractivity contribution in [2.24, 2.45) is 5.92 Å². The highest BCUT2D eigenvalue weighted by atomic mass is 32.2. The van der Waals surface area contributed by atoms with Crippen molar-refractivity contribution in [2.75, 3.05) is 25.9 Å². The normalized spacial score (nSPS) is 16.6. The van der Waals surface area contributed by atoms with Gasteiger partial charge in [-0.15, -0.1) is 0 Å². The van der Waals surface area contributed by atoms with E-state index in [-0.39, 0.29) is 5.91 Å². The van der Waals surface area contributed by atoms with E-state index in [1.807, 2.05) is 30.3 Å². The second-order valence-corrected chi connectivity index (χ2v) is 9.70. The summed E-state index contributed by atoms with van der Waals surface area (Å²) in [5.41, 5.74) is 1.82. The molecule has 2 heterocycles. The average molecular weight is 419 g/mol. The molecule has 0 bridgehead atoms. The minimum Gasteiger partial charge on any atom is -0.460 e. The van der Waals surface area contributed by atoms with Crippen LogP contribution in [0, 0.1) is 5.92 Å². The molecule has 158 valence electrons. The van der Waals surface area contributed by atoms with Gasteiger partial charge >= 0.3 is 0 Å². The smallest absolute Gasteiger partial charge is 0.244 e. The maximum absolute atomic E-state index is 12.3. The number of nitrogens with zero attached hydrogens (tertiary/aromatic N) is 1. The molecule has 0 atom stereocenters. The summed E-state index contributed by atoms with van der Waals surface area (Å²) >= 11 is 0. The molecular weight excluding hydrogens is 388 g/mol. The number of rotatable bonds is 8. The number of amides is 1. The van der Waals surface area contributed by atoms with Gasteiger partial charge in [-0.05, 0) is 37.3 Å². The highest BCUT2D eigenvalue weighted by Gasteiger charge is 2.24. The van der Waals surface area contributed by atoms with Gasteiger partial charge < -0.3 is 9.73 Å². The second kappa shape index (κ2) is 9.59. The molecule has 1 N–H and O–H groups in total. The van der Waals surface area contributed by atoms with E-state index in [0.29, 0.717) is 25.6 Å². The van der Waals surface area contributed by atoms with Gasteiger partial charge in [0.15, 0.2) is 0 Å². The van der Waals surface area contributed by atoms with Crippen molar-refractivity contribution in [2.45, 2.75) is 39.0 Å². The Kier molecular flexibility index (Phi) is 7.14. The first-order chi connectivity index (χ1) is 13.9. The zero-order valence-corrected chi connectivity index (χ0v) is 18.0. The van der Waals surface area contributed by atoms with Crippen molar-refractivity contribution in [1.29, 1.82) is 0 Å². The number of carbonyl (C=O) groups is 1. The van der Waals surface area contributed by atoms with Crippen LogP contribution in [-0.2, 0) is 21.2 Å². The van der Waals surface area contributed by atoms with Gasteiger partial charge in [-0.2, -0.15) is 0 Å². The molecule has 1 saturated heterocycles. The third-order valence-electron chi connectivity index (χ3n) is 5.48. The van der Waals surface area contributed by atoms with E-state index in [9.17, 15) is 13.2 Å². The molecule has 1 aliphatic rings. The minimum atomic E-state index is -3.12. The van der Waals surface area contributed by atoms with Crippen LogP contribution in [0.2, 0.25) is 0 Å². The van der Waals surface area contributed by atoms with E-state index < -0.39 is 10.0 Å². The average Bonchev–Trinajstić information content (AvgIpc) is 3.06. The minimum absolute atomic E-state index is 0.137. The zero-order valence-electron chi connectivity index (χ0n) is 17.2. The van der Waals surface area contributed by atoms with E-state index in [1.165, 1.54) is 10.6 Å². The number of unbranched alkanes of at least 4 members (excludes halogenated alkanes) is 1. The largest absolute Gasteiger partial charge is 0.460 e. The molecule has 0 saturated carbocycles. The number of piperidine rings is 1.